The van der Waals surface area contributed by atoms with Crippen molar-refractivity contribution in [3.05, 3.63) is 70.7 Å². The van der Waals surface area contributed by atoms with Gasteiger partial charge >= 0.3 is 0 Å². The van der Waals surface area contributed by atoms with Gasteiger partial charge in [-0.15, -0.1) is 23.2 Å². The van der Waals surface area contributed by atoms with Crippen LogP contribution in [0.3, 0.4) is 0 Å². The summed E-state index contributed by atoms with van der Waals surface area (Å²) < 4.78 is 0. The zero-order chi connectivity index (χ0) is 15.1. The summed E-state index contributed by atoms with van der Waals surface area (Å²) in [5.41, 5.74) is 2.43. The molecule has 0 saturated carbocycles. The molecular weight excluding hydrogens is 325 g/mol. The molecule has 0 fully saturated rings. The van der Waals surface area contributed by atoms with Gasteiger partial charge < -0.3 is 0 Å². The molecule has 2 aromatic rings. The Labute approximate surface area is 141 Å². The minimum absolute atomic E-state index is 0.140. The standard InChI is InChI=1S/C17H18Cl3N/c18-10-12-21(13-11-19)17(14-4-2-1-3-5-14)15-6-8-16(20)9-7-15/h1-9,17H,10-13H2/t17-/m1/s1. The zero-order valence-corrected chi connectivity index (χ0v) is 14.0. The molecule has 1 nitrogen and oxygen atoms in total. The average Bonchev–Trinajstić information content (AvgIpc) is 2.51. The van der Waals surface area contributed by atoms with Crippen LogP contribution in [0.5, 0.6) is 0 Å². The van der Waals surface area contributed by atoms with Gasteiger partial charge in [-0.2, -0.15) is 0 Å². The van der Waals surface area contributed by atoms with Gasteiger partial charge in [-0.1, -0.05) is 54.1 Å². The fourth-order valence-electron chi connectivity index (χ4n) is 2.48. The van der Waals surface area contributed by atoms with Crippen LogP contribution in [-0.4, -0.2) is 29.7 Å². The minimum atomic E-state index is 0.140. The van der Waals surface area contributed by atoms with Crippen LogP contribution in [0, 0.1) is 0 Å². The van der Waals surface area contributed by atoms with E-state index in [0.29, 0.717) is 11.8 Å². The Morgan fingerprint density at radius 3 is 1.81 bits per heavy atom. The maximum Gasteiger partial charge on any atom is 0.0602 e. The molecule has 0 amide bonds. The lowest BCUT2D eigenvalue weighted by molar-refractivity contribution is 0.254. The summed E-state index contributed by atoms with van der Waals surface area (Å²) in [6, 6.07) is 18.5. The summed E-state index contributed by atoms with van der Waals surface area (Å²) in [6.45, 7) is 1.58. The van der Waals surface area contributed by atoms with Crippen LogP contribution in [0.25, 0.3) is 0 Å². The molecule has 0 bridgehead atoms. The molecule has 21 heavy (non-hydrogen) atoms. The van der Waals surface area contributed by atoms with Crippen molar-refractivity contribution < 1.29 is 0 Å². The number of hydrogen-bond acceptors (Lipinski definition) is 1. The molecular formula is C17H18Cl3N. The lowest BCUT2D eigenvalue weighted by Gasteiger charge is -2.31. The summed E-state index contributed by atoms with van der Waals surface area (Å²) in [7, 11) is 0. The number of hydrogen-bond donors (Lipinski definition) is 0. The monoisotopic (exact) mass is 341 g/mol. The first-order valence-electron chi connectivity index (χ1n) is 6.92. The fraction of sp³-hybridized carbons (Fsp3) is 0.294. The quantitative estimate of drug-likeness (QED) is 0.624. The van der Waals surface area contributed by atoms with Gasteiger partial charge in [0.15, 0.2) is 0 Å². The molecule has 1 atom stereocenters. The summed E-state index contributed by atoms with van der Waals surface area (Å²) in [6.07, 6.45) is 0. The molecule has 112 valence electrons. The molecule has 0 unspecified atom stereocenters. The van der Waals surface area contributed by atoms with E-state index in [0.717, 1.165) is 18.1 Å². The summed E-state index contributed by atoms with van der Waals surface area (Å²) in [4.78, 5) is 2.30. The Balaban J connectivity index is 2.40. The highest BCUT2D eigenvalue weighted by Crippen LogP contribution is 2.29. The Bertz CT molecular complexity index is 521. The third kappa shape index (κ3) is 4.62. The van der Waals surface area contributed by atoms with E-state index in [9.17, 15) is 0 Å². The van der Waals surface area contributed by atoms with Crippen molar-refractivity contribution in [3.63, 3.8) is 0 Å². The highest BCUT2D eigenvalue weighted by Gasteiger charge is 2.21. The molecule has 0 aliphatic rings. The molecule has 0 radical (unpaired) electrons. The highest BCUT2D eigenvalue weighted by atomic mass is 35.5. The largest absolute Gasteiger partial charge is 0.290 e. The lowest BCUT2D eigenvalue weighted by atomic mass is 9.97. The molecule has 0 aliphatic heterocycles. The highest BCUT2D eigenvalue weighted by molar-refractivity contribution is 6.30. The molecule has 2 aromatic carbocycles. The van der Waals surface area contributed by atoms with Gasteiger partial charge in [-0.05, 0) is 23.3 Å². The SMILES string of the molecule is ClCCN(CCCl)[C@H](c1ccccc1)c1ccc(Cl)cc1. The van der Waals surface area contributed by atoms with Crippen molar-refractivity contribution in [2.45, 2.75) is 6.04 Å². The zero-order valence-electron chi connectivity index (χ0n) is 11.7. The van der Waals surface area contributed by atoms with Crippen molar-refractivity contribution in [3.8, 4) is 0 Å². The van der Waals surface area contributed by atoms with Crippen LogP contribution < -0.4 is 0 Å². The van der Waals surface area contributed by atoms with Crippen LogP contribution in [0.4, 0.5) is 0 Å². The first kappa shape index (κ1) is 16.6. The molecule has 0 saturated heterocycles. The summed E-state index contributed by atoms with van der Waals surface area (Å²) in [5.74, 6) is 1.15. The first-order chi connectivity index (χ1) is 10.3. The van der Waals surface area contributed by atoms with Crippen molar-refractivity contribution in [1.29, 1.82) is 0 Å². The van der Waals surface area contributed by atoms with Crippen LogP contribution in [0.1, 0.15) is 17.2 Å². The van der Waals surface area contributed by atoms with Crippen LogP contribution in [-0.2, 0) is 0 Å². The first-order valence-corrected chi connectivity index (χ1v) is 8.37. The van der Waals surface area contributed by atoms with E-state index in [2.05, 4.69) is 41.3 Å². The maximum atomic E-state index is 6.01. The predicted octanol–water partition coefficient (Wildman–Crippen LogP) is 5.21. The third-order valence-corrected chi connectivity index (χ3v) is 4.00. The number of rotatable bonds is 7. The second-order valence-corrected chi connectivity index (χ2v) is 5.97. The third-order valence-electron chi connectivity index (χ3n) is 3.41. The van der Waals surface area contributed by atoms with Crippen molar-refractivity contribution in [1.82, 2.24) is 4.90 Å². The molecule has 0 N–H and O–H groups in total. The van der Waals surface area contributed by atoms with E-state index in [1.54, 1.807) is 0 Å². The molecule has 0 heterocycles. The number of benzene rings is 2. The maximum absolute atomic E-state index is 6.01. The Morgan fingerprint density at radius 1 is 0.762 bits per heavy atom. The Kier molecular flexibility index (Phi) is 6.85. The van der Waals surface area contributed by atoms with Gasteiger partial charge in [0.1, 0.15) is 0 Å². The van der Waals surface area contributed by atoms with E-state index < -0.39 is 0 Å². The normalized spacial score (nSPS) is 12.6. The van der Waals surface area contributed by atoms with Crippen LogP contribution in [0.15, 0.2) is 54.6 Å². The molecule has 2 rings (SSSR count). The molecule has 4 heteroatoms. The van der Waals surface area contributed by atoms with Crippen molar-refractivity contribution in [2.24, 2.45) is 0 Å². The lowest BCUT2D eigenvalue weighted by Crippen LogP contribution is -2.33. The fourth-order valence-corrected chi connectivity index (χ4v) is 3.04. The van der Waals surface area contributed by atoms with Gasteiger partial charge in [0.25, 0.3) is 0 Å². The molecule has 0 aliphatic carbocycles. The van der Waals surface area contributed by atoms with Gasteiger partial charge in [0.05, 0.1) is 6.04 Å². The number of halogens is 3. The van der Waals surface area contributed by atoms with E-state index in [1.807, 2.05) is 18.2 Å². The second-order valence-electron chi connectivity index (χ2n) is 4.78. The smallest absolute Gasteiger partial charge is 0.0602 e. The van der Waals surface area contributed by atoms with Gasteiger partial charge in [-0.3, -0.25) is 4.90 Å². The summed E-state index contributed by atoms with van der Waals surface area (Å²) >= 11 is 17.9. The average molecular weight is 343 g/mol. The van der Waals surface area contributed by atoms with Crippen LogP contribution in [0.2, 0.25) is 5.02 Å². The minimum Gasteiger partial charge on any atom is -0.290 e. The van der Waals surface area contributed by atoms with E-state index in [4.69, 9.17) is 34.8 Å². The predicted molar refractivity (Wildman–Crippen MR) is 92.8 cm³/mol. The molecule has 0 spiro atoms. The number of nitrogens with zero attached hydrogens (tertiary/aromatic N) is 1. The van der Waals surface area contributed by atoms with E-state index in [-0.39, 0.29) is 6.04 Å². The summed E-state index contributed by atoms with van der Waals surface area (Å²) in [5, 5.41) is 0.742. The van der Waals surface area contributed by atoms with E-state index >= 15 is 0 Å². The molecule has 0 aromatic heterocycles. The van der Waals surface area contributed by atoms with Gasteiger partial charge in [0.2, 0.25) is 0 Å². The van der Waals surface area contributed by atoms with Gasteiger partial charge in [-0.25, -0.2) is 0 Å². The van der Waals surface area contributed by atoms with Crippen molar-refractivity contribution in [2.75, 3.05) is 24.8 Å². The van der Waals surface area contributed by atoms with Crippen molar-refractivity contribution >= 4 is 34.8 Å². The number of alkyl halides is 2. The van der Waals surface area contributed by atoms with Crippen LogP contribution >= 0.6 is 34.8 Å². The second kappa shape index (κ2) is 8.65. The van der Waals surface area contributed by atoms with E-state index in [1.165, 1.54) is 11.1 Å². The Hall–Kier alpha value is -0.730. The topological polar surface area (TPSA) is 3.24 Å². The van der Waals surface area contributed by atoms with Gasteiger partial charge in [0, 0.05) is 29.9 Å². The Morgan fingerprint density at radius 2 is 1.29 bits per heavy atom.